The van der Waals surface area contributed by atoms with Gasteiger partial charge in [0.2, 0.25) is 0 Å². The van der Waals surface area contributed by atoms with Crippen LogP contribution in [0.5, 0.6) is 0 Å². The lowest BCUT2D eigenvalue weighted by Crippen LogP contribution is -2.36. The third-order valence-electron chi connectivity index (χ3n) is 3.48. The van der Waals surface area contributed by atoms with Gasteiger partial charge >= 0.3 is 0 Å². The number of rotatable bonds is 6. The van der Waals surface area contributed by atoms with Gasteiger partial charge in [0, 0.05) is 18.4 Å². The van der Waals surface area contributed by atoms with Gasteiger partial charge < -0.3 is 10.0 Å². The molecule has 0 aromatic heterocycles. The van der Waals surface area contributed by atoms with E-state index in [9.17, 15) is 5.11 Å². The summed E-state index contributed by atoms with van der Waals surface area (Å²) in [4.78, 5) is 2.37. The Bertz CT molecular complexity index is 178. The molecule has 1 atom stereocenters. The van der Waals surface area contributed by atoms with Gasteiger partial charge in [0.05, 0.1) is 6.10 Å². The largest absolute Gasteiger partial charge is 0.393 e. The predicted molar refractivity (Wildman–Crippen MR) is 68.5 cm³/mol. The Morgan fingerprint density at radius 3 is 2.47 bits per heavy atom. The Kier molecular flexibility index (Phi) is 5.58. The van der Waals surface area contributed by atoms with Crippen LogP contribution in [0.4, 0.5) is 0 Å². The normalized spacial score (nSPS) is 22.2. The quantitative estimate of drug-likeness (QED) is 0.755. The minimum Gasteiger partial charge on any atom is -0.393 e. The van der Waals surface area contributed by atoms with E-state index in [-0.39, 0.29) is 6.10 Å². The lowest BCUT2D eigenvalue weighted by molar-refractivity contribution is 0.144. The molecule has 0 aliphatic heterocycles. The highest BCUT2D eigenvalue weighted by atomic mass is 79.9. The molecule has 1 N–H and O–H groups in total. The molecule has 2 nitrogen and oxygen atoms in total. The molecule has 1 rings (SSSR count). The van der Waals surface area contributed by atoms with E-state index in [4.69, 9.17) is 0 Å². The predicted octanol–water partition coefficient (Wildman–Crippen LogP) is 2.64. The molecular weight excluding hydrogens is 254 g/mol. The van der Waals surface area contributed by atoms with Crippen LogP contribution in [-0.4, -0.2) is 41.6 Å². The highest BCUT2D eigenvalue weighted by Gasteiger charge is 2.33. The van der Waals surface area contributed by atoms with Crippen molar-refractivity contribution >= 4 is 15.9 Å². The Morgan fingerprint density at radius 2 is 2.00 bits per heavy atom. The summed E-state index contributed by atoms with van der Waals surface area (Å²) in [7, 11) is 2.17. The first-order chi connectivity index (χ1) is 7.08. The van der Waals surface area contributed by atoms with Crippen LogP contribution in [-0.2, 0) is 0 Å². The Hall–Kier alpha value is 0.400. The van der Waals surface area contributed by atoms with Crippen molar-refractivity contribution in [3.63, 3.8) is 0 Å². The van der Waals surface area contributed by atoms with Gasteiger partial charge in [-0.3, -0.25) is 0 Å². The minimum absolute atomic E-state index is 0.170. The second-order valence-corrected chi connectivity index (χ2v) is 5.78. The van der Waals surface area contributed by atoms with Crippen molar-refractivity contribution < 1.29 is 5.11 Å². The molecule has 3 heteroatoms. The van der Waals surface area contributed by atoms with E-state index in [1.165, 1.54) is 32.2 Å². The van der Waals surface area contributed by atoms with Gasteiger partial charge in [-0.05, 0) is 38.6 Å². The van der Waals surface area contributed by atoms with Crippen molar-refractivity contribution in [2.45, 2.75) is 45.1 Å². The van der Waals surface area contributed by atoms with Crippen LogP contribution >= 0.6 is 15.9 Å². The molecule has 1 fully saturated rings. The SMILES string of the molecule is CC(O)CCN(C)CC1(CBr)CCCC1. The molecule has 15 heavy (non-hydrogen) atoms. The van der Waals surface area contributed by atoms with Gasteiger partial charge in [0.25, 0.3) is 0 Å². The van der Waals surface area contributed by atoms with Gasteiger partial charge in [-0.15, -0.1) is 0 Å². The van der Waals surface area contributed by atoms with Crippen LogP contribution < -0.4 is 0 Å². The molecule has 0 heterocycles. The highest BCUT2D eigenvalue weighted by Crippen LogP contribution is 2.40. The van der Waals surface area contributed by atoms with Gasteiger partial charge in [-0.2, -0.15) is 0 Å². The zero-order valence-corrected chi connectivity index (χ0v) is 11.6. The van der Waals surface area contributed by atoms with Gasteiger partial charge in [-0.25, -0.2) is 0 Å². The molecule has 0 bridgehead atoms. The molecule has 1 aliphatic rings. The fraction of sp³-hybridized carbons (Fsp3) is 1.00. The third kappa shape index (κ3) is 4.41. The standard InChI is InChI=1S/C12H24BrNO/c1-11(15)5-8-14(2)10-12(9-13)6-3-4-7-12/h11,15H,3-10H2,1-2H3. The first kappa shape index (κ1) is 13.5. The maximum atomic E-state index is 9.25. The molecule has 0 amide bonds. The average Bonchev–Trinajstić information content (AvgIpc) is 2.64. The molecule has 1 unspecified atom stereocenters. The summed E-state index contributed by atoms with van der Waals surface area (Å²) in [5.74, 6) is 0. The number of alkyl halides is 1. The second-order valence-electron chi connectivity index (χ2n) is 5.22. The summed E-state index contributed by atoms with van der Waals surface area (Å²) >= 11 is 3.67. The minimum atomic E-state index is -0.170. The Morgan fingerprint density at radius 1 is 1.40 bits per heavy atom. The van der Waals surface area contributed by atoms with E-state index in [0.717, 1.165) is 18.3 Å². The number of halogens is 1. The Labute approximate surface area is 102 Å². The first-order valence-electron chi connectivity index (χ1n) is 6.00. The van der Waals surface area contributed by atoms with E-state index in [2.05, 4.69) is 27.9 Å². The molecule has 0 aromatic carbocycles. The lowest BCUT2D eigenvalue weighted by atomic mass is 9.88. The van der Waals surface area contributed by atoms with Crippen LogP contribution in [0.1, 0.15) is 39.0 Å². The summed E-state index contributed by atoms with van der Waals surface area (Å²) in [5, 5.41) is 10.4. The molecule has 0 radical (unpaired) electrons. The number of hydrogen-bond donors (Lipinski definition) is 1. The summed E-state index contributed by atoms with van der Waals surface area (Å²) in [5.41, 5.74) is 0.507. The molecule has 1 saturated carbocycles. The van der Waals surface area contributed by atoms with Crippen molar-refractivity contribution in [3.05, 3.63) is 0 Å². The van der Waals surface area contributed by atoms with Crippen molar-refractivity contribution in [3.8, 4) is 0 Å². The number of aliphatic hydroxyl groups is 1. The number of aliphatic hydroxyl groups excluding tert-OH is 1. The van der Waals surface area contributed by atoms with Gasteiger partial charge in [0.15, 0.2) is 0 Å². The first-order valence-corrected chi connectivity index (χ1v) is 7.13. The molecular formula is C12H24BrNO. The topological polar surface area (TPSA) is 23.5 Å². The maximum Gasteiger partial charge on any atom is 0.0524 e. The zero-order valence-electron chi connectivity index (χ0n) is 10.0. The van der Waals surface area contributed by atoms with Gasteiger partial charge in [0.1, 0.15) is 0 Å². The monoisotopic (exact) mass is 277 g/mol. The van der Waals surface area contributed by atoms with Crippen LogP contribution in [0.15, 0.2) is 0 Å². The van der Waals surface area contributed by atoms with Gasteiger partial charge in [-0.1, -0.05) is 28.8 Å². The van der Waals surface area contributed by atoms with Crippen LogP contribution in [0.25, 0.3) is 0 Å². The smallest absolute Gasteiger partial charge is 0.0524 e. The second kappa shape index (κ2) is 6.21. The van der Waals surface area contributed by atoms with E-state index in [1.807, 2.05) is 6.92 Å². The van der Waals surface area contributed by atoms with Crippen molar-refractivity contribution in [2.24, 2.45) is 5.41 Å². The molecule has 0 aromatic rings. The van der Waals surface area contributed by atoms with Crippen molar-refractivity contribution in [1.82, 2.24) is 4.90 Å². The Balaban J connectivity index is 2.31. The van der Waals surface area contributed by atoms with Crippen molar-refractivity contribution in [2.75, 3.05) is 25.5 Å². The fourth-order valence-corrected chi connectivity index (χ4v) is 3.26. The summed E-state index contributed by atoms with van der Waals surface area (Å²) < 4.78 is 0. The van der Waals surface area contributed by atoms with Crippen LogP contribution in [0, 0.1) is 5.41 Å². The molecule has 90 valence electrons. The highest BCUT2D eigenvalue weighted by molar-refractivity contribution is 9.09. The number of hydrogen-bond acceptors (Lipinski definition) is 2. The summed E-state index contributed by atoms with van der Waals surface area (Å²) in [6.45, 7) is 4.04. The third-order valence-corrected chi connectivity index (χ3v) is 4.67. The summed E-state index contributed by atoms with van der Waals surface area (Å²) in [6, 6.07) is 0. The molecule has 0 spiro atoms. The zero-order chi connectivity index (χ0) is 11.3. The van der Waals surface area contributed by atoms with E-state index >= 15 is 0 Å². The summed E-state index contributed by atoms with van der Waals surface area (Å²) in [6.07, 6.45) is 6.20. The number of nitrogens with zero attached hydrogens (tertiary/aromatic N) is 1. The van der Waals surface area contributed by atoms with E-state index in [0.29, 0.717) is 5.41 Å². The van der Waals surface area contributed by atoms with Crippen LogP contribution in [0.2, 0.25) is 0 Å². The molecule has 0 saturated heterocycles. The average molecular weight is 278 g/mol. The van der Waals surface area contributed by atoms with Crippen LogP contribution in [0.3, 0.4) is 0 Å². The van der Waals surface area contributed by atoms with E-state index in [1.54, 1.807) is 0 Å². The van der Waals surface area contributed by atoms with Crippen molar-refractivity contribution in [1.29, 1.82) is 0 Å². The molecule has 1 aliphatic carbocycles. The fourth-order valence-electron chi connectivity index (χ4n) is 2.52. The lowest BCUT2D eigenvalue weighted by Gasteiger charge is -2.32. The maximum absolute atomic E-state index is 9.25. The van der Waals surface area contributed by atoms with E-state index < -0.39 is 0 Å².